The van der Waals surface area contributed by atoms with E-state index in [4.69, 9.17) is 23.7 Å². The number of methoxy groups -OCH3 is 5. The van der Waals surface area contributed by atoms with Crippen LogP contribution in [0.5, 0.6) is 28.7 Å². The van der Waals surface area contributed by atoms with Gasteiger partial charge in [-0.25, -0.2) is 0 Å². The summed E-state index contributed by atoms with van der Waals surface area (Å²) in [5.41, 5.74) is 1.78. The molecule has 29 heavy (non-hydrogen) atoms. The van der Waals surface area contributed by atoms with Crippen molar-refractivity contribution in [2.45, 2.75) is 11.9 Å². The first kappa shape index (κ1) is 21.0. The van der Waals surface area contributed by atoms with Crippen LogP contribution < -0.4 is 23.7 Å². The van der Waals surface area contributed by atoms with E-state index in [1.807, 2.05) is 35.2 Å². The van der Waals surface area contributed by atoms with E-state index in [9.17, 15) is 4.79 Å². The second-order valence-corrected chi connectivity index (χ2v) is 7.40. The number of hydrogen-bond donors (Lipinski definition) is 0. The third-order valence-electron chi connectivity index (χ3n) is 4.75. The highest BCUT2D eigenvalue weighted by Gasteiger charge is 2.35. The zero-order valence-electron chi connectivity index (χ0n) is 17.2. The van der Waals surface area contributed by atoms with E-state index >= 15 is 0 Å². The van der Waals surface area contributed by atoms with Crippen molar-refractivity contribution in [3.05, 3.63) is 41.5 Å². The van der Waals surface area contributed by atoms with Gasteiger partial charge >= 0.3 is 0 Å². The smallest absolute Gasteiger partial charge is 0.234 e. The molecule has 1 atom stereocenters. The number of carbonyl (C=O) groups is 1. The van der Waals surface area contributed by atoms with E-state index in [1.165, 1.54) is 0 Å². The van der Waals surface area contributed by atoms with Gasteiger partial charge in [-0.05, 0) is 35.9 Å². The summed E-state index contributed by atoms with van der Waals surface area (Å²) in [5.74, 6) is 3.51. The van der Waals surface area contributed by atoms with Crippen LogP contribution in [-0.4, -0.2) is 52.1 Å². The fourth-order valence-corrected chi connectivity index (χ4v) is 4.54. The van der Waals surface area contributed by atoms with Gasteiger partial charge in [0.1, 0.15) is 16.9 Å². The average Bonchev–Trinajstić information content (AvgIpc) is 3.12. The molecule has 1 aliphatic rings. The maximum atomic E-state index is 12.7. The molecule has 0 spiro atoms. The molecule has 7 nitrogen and oxygen atoms in total. The lowest BCUT2D eigenvalue weighted by molar-refractivity contribution is -0.128. The van der Waals surface area contributed by atoms with Gasteiger partial charge in [-0.15, -0.1) is 11.8 Å². The van der Waals surface area contributed by atoms with E-state index in [-0.39, 0.29) is 11.3 Å². The summed E-state index contributed by atoms with van der Waals surface area (Å²) in [6, 6.07) is 9.33. The molecule has 1 unspecified atom stereocenters. The monoisotopic (exact) mass is 419 g/mol. The molecule has 1 fully saturated rings. The van der Waals surface area contributed by atoms with Crippen LogP contribution >= 0.6 is 11.8 Å². The van der Waals surface area contributed by atoms with Crippen molar-refractivity contribution in [2.75, 3.05) is 41.3 Å². The third kappa shape index (κ3) is 4.17. The van der Waals surface area contributed by atoms with Gasteiger partial charge in [-0.3, -0.25) is 4.79 Å². The number of rotatable bonds is 8. The van der Waals surface area contributed by atoms with Crippen molar-refractivity contribution >= 4 is 17.7 Å². The van der Waals surface area contributed by atoms with E-state index in [1.54, 1.807) is 47.3 Å². The zero-order chi connectivity index (χ0) is 21.0. The van der Waals surface area contributed by atoms with Crippen LogP contribution in [-0.2, 0) is 11.3 Å². The summed E-state index contributed by atoms with van der Waals surface area (Å²) in [7, 11) is 7.94. The Morgan fingerprint density at radius 3 is 2.10 bits per heavy atom. The van der Waals surface area contributed by atoms with Crippen LogP contribution in [0.4, 0.5) is 0 Å². The van der Waals surface area contributed by atoms with Crippen LogP contribution in [0.3, 0.4) is 0 Å². The highest BCUT2D eigenvalue weighted by Crippen LogP contribution is 2.45. The SMILES string of the molecule is COc1ccc(OC)c(C2SCC(=O)N2Cc2cc(OC)c(OC)c(OC)c2)c1. The van der Waals surface area contributed by atoms with Gasteiger partial charge in [0.2, 0.25) is 11.7 Å². The lowest BCUT2D eigenvalue weighted by atomic mass is 10.1. The molecule has 156 valence electrons. The molecule has 0 N–H and O–H groups in total. The second-order valence-electron chi connectivity index (χ2n) is 6.33. The molecule has 3 rings (SSSR count). The van der Waals surface area contributed by atoms with E-state index < -0.39 is 0 Å². The normalized spacial score (nSPS) is 16.0. The van der Waals surface area contributed by atoms with Gasteiger partial charge in [0.15, 0.2) is 11.5 Å². The largest absolute Gasteiger partial charge is 0.497 e. The van der Waals surface area contributed by atoms with Gasteiger partial charge in [0.25, 0.3) is 0 Å². The molecule has 1 amide bonds. The van der Waals surface area contributed by atoms with Crippen LogP contribution in [0.1, 0.15) is 16.5 Å². The quantitative estimate of drug-likeness (QED) is 0.649. The first-order chi connectivity index (χ1) is 14.1. The number of ether oxygens (including phenoxy) is 5. The van der Waals surface area contributed by atoms with Crippen molar-refractivity contribution < 1.29 is 28.5 Å². The highest BCUT2D eigenvalue weighted by molar-refractivity contribution is 8.00. The van der Waals surface area contributed by atoms with E-state index in [2.05, 4.69) is 0 Å². The first-order valence-corrected chi connectivity index (χ1v) is 10.0. The molecular formula is C21H25NO6S. The Labute approximate surface area is 174 Å². The molecule has 2 aromatic carbocycles. The van der Waals surface area contributed by atoms with Crippen LogP contribution in [0, 0.1) is 0 Å². The fraction of sp³-hybridized carbons (Fsp3) is 0.381. The first-order valence-electron chi connectivity index (χ1n) is 8.98. The molecular weight excluding hydrogens is 394 g/mol. The van der Waals surface area contributed by atoms with Gasteiger partial charge in [0, 0.05) is 12.1 Å². The second kappa shape index (κ2) is 9.17. The number of thioether (sulfide) groups is 1. The van der Waals surface area contributed by atoms with Gasteiger partial charge < -0.3 is 28.6 Å². The molecule has 8 heteroatoms. The predicted molar refractivity (Wildman–Crippen MR) is 111 cm³/mol. The molecule has 0 saturated carbocycles. The summed E-state index contributed by atoms with van der Waals surface area (Å²) in [4.78, 5) is 14.5. The molecule has 1 aliphatic heterocycles. The molecule has 0 aliphatic carbocycles. The molecule has 1 saturated heterocycles. The fourth-order valence-electron chi connectivity index (χ4n) is 3.34. The van der Waals surface area contributed by atoms with Crippen molar-refractivity contribution in [2.24, 2.45) is 0 Å². The number of nitrogens with zero attached hydrogens (tertiary/aromatic N) is 1. The van der Waals surface area contributed by atoms with E-state index in [0.29, 0.717) is 41.0 Å². The zero-order valence-corrected chi connectivity index (χ0v) is 18.0. The summed E-state index contributed by atoms with van der Waals surface area (Å²) >= 11 is 1.56. The van der Waals surface area contributed by atoms with Crippen molar-refractivity contribution in [1.29, 1.82) is 0 Å². The summed E-state index contributed by atoms with van der Waals surface area (Å²) in [6.07, 6.45) is 0. The predicted octanol–water partition coefficient (Wildman–Crippen LogP) is 3.50. The van der Waals surface area contributed by atoms with Crippen LogP contribution in [0.25, 0.3) is 0 Å². The summed E-state index contributed by atoms with van der Waals surface area (Å²) in [5, 5.41) is -0.188. The van der Waals surface area contributed by atoms with E-state index in [0.717, 1.165) is 11.1 Å². The van der Waals surface area contributed by atoms with Crippen molar-refractivity contribution in [3.63, 3.8) is 0 Å². The molecule has 1 heterocycles. The van der Waals surface area contributed by atoms with Gasteiger partial charge in [0.05, 0.1) is 41.3 Å². The lowest BCUT2D eigenvalue weighted by Crippen LogP contribution is -2.28. The molecule has 2 aromatic rings. The minimum atomic E-state index is -0.188. The number of carbonyl (C=O) groups excluding carboxylic acids is 1. The highest BCUT2D eigenvalue weighted by atomic mass is 32.2. The Hall–Kier alpha value is -2.74. The summed E-state index contributed by atoms with van der Waals surface area (Å²) < 4.78 is 27.2. The topological polar surface area (TPSA) is 66.5 Å². The molecule has 0 aromatic heterocycles. The summed E-state index contributed by atoms with van der Waals surface area (Å²) in [6.45, 7) is 0.396. The standard InChI is InChI=1S/C21H25NO6S/c1-24-14-6-7-16(25-2)15(10-14)21-22(19(23)12-29-21)11-13-8-17(26-3)20(28-5)18(9-13)27-4/h6-10,21H,11-12H2,1-5H3. The maximum Gasteiger partial charge on any atom is 0.234 e. The van der Waals surface area contributed by atoms with Crippen molar-refractivity contribution in [3.8, 4) is 28.7 Å². The molecule has 0 radical (unpaired) electrons. The minimum absolute atomic E-state index is 0.0543. The van der Waals surface area contributed by atoms with Crippen LogP contribution in [0.2, 0.25) is 0 Å². The lowest BCUT2D eigenvalue weighted by Gasteiger charge is -2.26. The van der Waals surface area contributed by atoms with Gasteiger partial charge in [-0.1, -0.05) is 0 Å². The Morgan fingerprint density at radius 2 is 1.55 bits per heavy atom. The third-order valence-corrected chi connectivity index (χ3v) is 5.99. The van der Waals surface area contributed by atoms with Gasteiger partial charge in [-0.2, -0.15) is 0 Å². The Balaban J connectivity index is 1.97. The minimum Gasteiger partial charge on any atom is -0.497 e. The number of benzene rings is 2. The molecule has 0 bridgehead atoms. The van der Waals surface area contributed by atoms with Crippen molar-refractivity contribution in [1.82, 2.24) is 4.90 Å². The maximum absolute atomic E-state index is 12.7. The Bertz CT molecular complexity index is 862. The average molecular weight is 419 g/mol. The Morgan fingerprint density at radius 1 is 0.897 bits per heavy atom. The van der Waals surface area contributed by atoms with Crippen LogP contribution in [0.15, 0.2) is 30.3 Å². The Kier molecular flexibility index (Phi) is 6.64. The number of amides is 1. The number of hydrogen-bond acceptors (Lipinski definition) is 7.